The van der Waals surface area contributed by atoms with Crippen molar-refractivity contribution in [2.24, 2.45) is 0 Å². The molecule has 0 saturated carbocycles. The lowest BCUT2D eigenvalue weighted by molar-refractivity contribution is 0.0680. The lowest BCUT2D eigenvalue weighted by Gasteiger charge is -2.23. The number of ether oxygens (including phenoxy) is 1. The predicted molar refractivity (Wildman–Crippen MR) is 107 cm³/mol. The highest BCUT2D eigenvalue weighted by molar-refractivity contribution is 5.95. The minimum atomic E-state index is -0.00888. The average Bonchev–Trinajstić information content (AvgIpc) is 2.71. The van der Waals surface area contributed by atoms with Gasteiger partial charge in [-0.3, -0.25) is 9.78 Å². The molecule has 138 valence electrons. The Hall–Kier alpha value is -2.98. The number of nitrogens with zero attached hydrogens (tertiary/aromatic N) is 2. The van der Waals surface area contributed by atoms with E-state index in [0.717, 1.165) is 16.7 Å². The van der Waals surface area contributed by atoms with Gasteiger partial charge >= 0.3 is 0 Å². The zero-order valence-corrected chi connectivity index (χ0v) is 15.8. The van der Waals surface area contributed by atoms with Crippen molar-refractivity contribution in [3.05, 3.63) is 89.7 Å². The van der Waals surface area contributed by atoms with Crippen molar-refractivity contribution in [1.29, 1.82) is 0 Å². The number of aromatic nitrogens is 1. The van der Waals surface area contributed by atoms with Crippen LogP contribution in [-0.4, -0.2) is 36.1 Å². The summed E-state index contributed by atoms with van der Waals surface area (Å²) in [5.41, 5.74) is 5.02. The number of rotatable bonds is 7. The van der Waals surface area contributed by atoms with Gasteiger partial charge in [0.25, 0.3) is 5.91 Å². The number of carbonyl (C=O) groups is 1. The Bertz CT molecular complexity index is 894. The maximum Gasteiger partial charge on any atom is 0.254 e. The second-order valence-corrected chi connectivity index (χ2v) is 6.53. The maximum atomic E-state index is 13.2. The molecule has 0 saturated heterocycles. The fourth-order valence-electron chi connectivity index (χ4n) is 3.00. The molecule has 27 heavy (non-hydrogen) atoms. The van der Waals surface area contributed by atoms with Crippen LogP contribution in [0.15, 0.2) is 73.1 Å². The Morgan fingerprint density at radius 1 is 1.04 bits per heavy atom. The molecule has 0 N–H and O–H groups in total. The van der Waals surface area contributed by atoms with Gasteiger partial charge in [0, 0.05) is 38.2 Å². The number of methoxy groups -OCH3 is 1. The van der Waals surface area contributed by atoms with Crippen LogP contribution in [0, 0.1) is 6.92 Å². The number of hydrogen-bond donors (Lipinski definition) is 0. The lowest BCUT2D eigenvalue weighted by atomic mass is 10.0. The zero-order valence-electron chi connectivity index (χ0n) is 15.8. The quantitative estimate of drug-likeness (QED) is 0.629. The summed E-state index contributed by atoms with van der Waals surface area (Å²) >= 11 is 0. The monoisotopic (exact) mass is 360 g/mol. The van der Waals surface area contributed by atoms with E-state index in [1.807, 2.05) is 42.5 Å². The molecule has 0 radical (unpaired) electrons. The molecule has 4 nitrogen and oxygen atoms in total. The largest absolute Gasteiger partial charge is 0.383 e. The molecule has 1 amide bonds. The van der Waals surface area contributed by atoms with Gasteiger partial charge < -0.3 is 9.64 Å². The van der Waals surface area contributed by atoms with Gasteiger partial charge in [-0.2, -0.15) is 0 Å². The molecule has 3 aromatic rings. The van der Waals surface area contributed by atoms with Crippen LogP contribution in [0.2, 0.25) is 0 Å². The summed E-state index contributed by atoms with van der Waals surface area (Å²) < 4.78 is 5.19. The van der Waals surface area contributed by atoms with Crippen molar-refractivity contribution in [3.63, 3.8) is 0 Å². The first-order valence-electron chi connectivity index (χ1n) is 9.01. The van der Waals surface area contributed by atoms with Crippen LogP contribution >= 0.6 is 0 Å². The van der Waals surface area contributed by atoms with E-state index in [9.17, 15) is 4.79 Å². The molecule has 0 spiro atoms. The summed E-state index contributed by atoms with van der Waals surface area (Å²) in [4.78, 5) is 19.1. The van der Waals surface area contributed by atoms with Gasteiger partial charge in [0.2, 0.25) is 0 Å². The first kappa shape index (κ1) is 18.8. The molecule has 0 atom stereocenters. The Labute approximate surface area is 160 Å². The summed E-state index contributed by atoms with van der Waals surface area (Å²) in [5, 5.41) is 0. The van der Waals surface area contributed by atoms with Crippen molar-refractivity contribution in [1.82, 2.24) is 9.88 Å². The molecule has 0 aliphatic rings. The third-order valence-corrected chi connectivity index (χ3v) is 4.41. The number of pyridine rings is 1. The van der Waals surface area contributed by atoms with Crippen LogP contribution in [0.3, 0.4) is 0 Å². The summed E-state index contributed by atoms with van der Waals surface area (Å²) in [5.74, 6) is -0.00888. The van der Waals surface area contributed by atoms with Crippen molar-refractivity contribution in [3.8, 4) is 11.1 Å². The fraction of sp³-hybridized carbons (Fsp3) is 0.217. The Kier molecular flexibility index (Phi) is 6.34. The number of benzene rings is 2. The van der Waals surface area contributed by atoms with E-state index in [2.05, 4.69) is 30.1 Å². The van der Waals surface area contributed by atoms with E-state index in [0.29, 0.717) is 25.3 Å². The summed E-state index contributed by atoms with van der Waals surface area (Å²) in [7, 11) is 1.64. The fourth-order valence-corrected chi connectivity index (χ4v) is 3.00. The Balaban J connectivity index is 1.85. The first-order valence-corrected chi connectivity index (χ1v) is 9.01. The topological polar surface area (TPSA) is 42.4 Å². The molecule has 1 aromatic heterocycles. The highest BCUT2D eigenvalue weighted by atomic mass is 16.5. The van der Waals surface area contributed by atoms with E-state index < -0.39 is 0 Å². The lowest BCUT2D eigenvalue weighted by Crippen LogP contribution is -2.33. The average molecular weight is 360 g/mol. The van der Waals surface area contributed by atoms with Gasteiger partial charge in [-0.05, 0) is 41.8 Å². The van der Waals surface area contributed by atoms with Crippen molar-refractivity contribution in [2.45, 2.75) is 13.5 Å². The SMILES string of the molecule is COCCN(Cc1cccnc1)C(=O)c1cccc(-c2cccc(C)c2)c1. The molecule has 2 aromatic carbocycles. The second-order valence-electron chi connectivity index (χ2n) is 6.53. The van der Waals surface area contributed by atoms with E-state index in [1.165, 1.54) is 5.56 Å². The van der Waals surface area contributed by atoms with Crippen LogP contribution < -0.4 is 0 Å². The van der Waals surface area contributed by atoms with Crippen molar-refractivity contribution < 1.29 is 9.53 Å². The standard InChI is InChI=1S/C23H24N2O2/c1-18-6-3-8-20(14-18)21-9-4-10-22(15-21)23(26)25(12-13-27-2)17-19-7-5-11-24-16-19/h3-11,14-16H,12-13,17H2,1-2H3. The highest BCUT2D eigenvalue weighted by Crippen LogP contribution is 2.22. The van der Waals surface area contributed by atoms with Crippen molar-refractivity contribution >= 4 is 5.91 Å². The Morgan fingerprint density at radius 2 is 1.81 bits per heavy atom. The third kappa shape index (κ3) is 5.02. The van der Waals surface area contributed by atoms with E-state index in [-0.39, 0.29) is 5.91 Å². The number of carbonyl (C=O) groups excluding carboxylic acids is 1. The number of aryl methyl sites for hydroxylation is 1. The number of amides is 1. The van der Waals surface area contributed by atoms with Crippen LogP contribution in [0.1, 0.15) is 21.5 Å². The normalized spacial score (nSPS) is 10.6. The smallest absolute Gasteiger partial charge is 0.254 e. The van der Waals surface area contributed by atoms with Gasteiger partial charge in [0.1, 0.15) is 0 Å². The molecular weight excluding hydrogens is 336 g/mol. The predicted octanol–water partition coefficient (Wildman–Crippen LogP) is 4.35. The van der Waals surface area contributed by atoms with E-state index in [1.54, 1.807) is 24.4 Å². The molecule has 0 bridgehead atoms. The molecule has 4 heteroatoms. The van der Waals surface area contributed by atoms with Crippen LogP contribution in [0.5, 0.6) is 0 Å². The zero-order chi connectivity index (χ0) is 19.1. The molecule has 0 unspecified atom stereocenters. The molecule has 3 rings (SSSR count). The van der Waals surface area contributed by atoms with Crippen LogP contribution in [0.25, 0.3) is 11.1 Å². The molecular formula is C23H24N2O2. The van der Waals surface area contributed by atoms with Gasteiger partial charge in [-0.15, -0.1) is 0 Å². The van der Waals surface area contributed by atoms with Gasteiger partial charge in [0.05, 0.1) is 6.61 Å². The summed E-state index contributed by atoms with van der Waals surface area (Å²) in [6.07, 6.45) is 3.52. The summed E-state index contributed by atoms with van der Waals surface area (Å²) in [6.45, 7) is 3.59. The van der Waals surface area contributed by atoms with Gasteiger partial charge in [0.15, 0.2) is 0 Å². The van der Waals surface area contributed by atoms with Gasteiger partial charge in [-0.25, -0.2) is 0 Å². The number of hydrogen-bond acceptors (Lipinski definition) is 3. The minimum absolute atomic E-state index is 0.00888. The van der Waals surface area contributed by atoms with E-state index >= 15 is 0 Å². The van der Waals surface area contributed by atoms with Crippen LogP contribution in [-0.2, 0) is 11.3 Å². The highest BCUT2D eigenvalue weighted by Gasteiger charge is 2.17. The second kappa shape index (κ2) is 9.10. The first-order chi connectivity index (χ1) is 13.2. The molecule has 0 fully saturated rings. The van der Waals surface area contributed by atoms with Gasteiger partial charge in [-0.1, -0.05) is 48.0 Å². The Morgan fingerprint density at radius 3 is 2.52 bits per heavy atom. The summed E-state index contributed by atoms with van der Waals surface area (Å²) in [6, 6.07) is 19.9. The van der Waals surface area contributed by atoms with E-state index in [4.69, 9.17) is 4.74 Å². The molecule has 1 heterocycles. The molecule has 0 aliphatic carbocycles. The minimum Gasteiger partial charge on any atom is -0.383 e. The van der Waals surface area contributed by atoms with Crippen LogP contribution in [0.4, 0.5) is 0 Å². The van der Waals surface area contributed by atoms with Crippen molar-refractivity contribution in [2.75, 3.05) is 20.3 Å². The maximum absolute atomic E-state index is 13.2. The third-order valence-electron chi connectivity index (χ3n) is 4.41. The molecule has 0 aliphatic heterocycles.